The molecule has 0 saturated carbocycles. The van der Waals surface area contributed by atoms with Gasteiger partial charge in [-0.25, -0.2) is 5.43 Å². The molecule has 3 N–H and O–H groups in total. The van der Waals surface area contributed by atoms with Gasteiger partial charge in [-0.2, -0.15) is 0 Å². The van der Waals surface area contributed by atoms with Gasteiger partial charge >= 0.3 is 0 Å². The predicted octanol–water partition coefficient (Wildman–Crippen LogP) is -0.529. The first kappa shape index (κ1) is 5.48. The van der Waals surface area contributed by atoms with Crippen molar-refractivity contribution < 1.29 is 0 Å². The van der Waals surface area contributed by atoms with Crippen molar-refractivity contribution in [1.29, 1.82) is 0 Å². The molecule has 6 heavy (non-hydrogen) atoms. The third kappa shape index (κ3) is 1.77. The van der Waals surface area contributed by atoms with Crippen molar-refractivity contribution in [3.8, 4) is 12.3 Å². The summed E-state index contributed by atoms with van der Waals surface area (Å²) in [6, 6.07) is -0.00926. The normalized spacial score (nSPS) is 12.8. The quantitative estimate of drug-likeness (QED) is 0.255. The zero-order chi connectivity index (χ0) is 4.99. The first-order valence-corrected chi connectivity index (χ1v) is 1.73. The first-order chi connectivity index (χ1) is 2.81. The lowest BCUT2D eigenvalue weighted by molar-refractivity contribution is 0.686. The van der Waals surface area contributed by atoms with E-state index in [0.717, 1.165) is 0 Å². The SMILES string of the molecule is C#CC(C)NN. The molecule has 0 bridgehead atoms. The Labute approximate surface area is 37.7 Å². The summed E-state index contributed by atoms with van der Waals surface area (Å²) in [6.07, 6.45) is 4.89. The van der Waals surface area contributed by atoms with E-state index >= 15 is 0 Å². The van der Waals surface area contributed by atoms with Crippen molar-refractivity contribution in [1.82, 2.24) is 5.43 Å². The number of nitrogens with one attached hydrogen (secondary N) is 1. The third-order valence-corrected chi connectivity index (χ3v) is 0.500. The Morgan fingerprint density at radius 1 is 2.00 bits per heavy atom. The summed E-state index contributed by atoms with van der Waals surface area (Å²) in [6.45, 7) is 1.81. The van der Waals surface area contributed by atoms with Gasteiger partial charge in [-0.3, -0.25) is 5.84 Å². The van der Waals surface area contributed by atoms with Gasteiger partial charge in [0.1, 0.15) is 0 Å². The summed E-state index contributed by atoms with van der Waals surface area (Å²) < 4.78 is 0. The van der Waals surface area contributed by atoms with Crippen LogP contribution in [0.25, 0.3) is 0 Å². The fourth-order valence-corrected chi connectivity index (χ4v) is 0.0481. The molecule has 1 unspecified atom stereocenters. The molecule has 0 fully saturated rings. The van der Waals surface area contributed by atoms with Crippen LogP contribution >= 0.6 is 0 Å². The maximum atomic E-state index is 4.89. The van der Waals surface area contributed by atoms with Gasteiger partial charge in [0.25, 0.3) is 0 Å². The smallest absolute Gasteiger partial charge is 0.0786 e. The van der Waals surface area contributed by atoms with Crippen LogP contribution in [0, 0.1) is 12.3 Å². The highest BCUT2D eigenvalue weighted by molar-refractivity contribution is 4.94. The van der Waals surface area contributed by atoms with Crippen LogP contribution in [0.15, 0.2) is 0 Å². The largest absolute Gasteiger partial charge is 0.270 e. The molecule has 0 spiro atoms. The molecule has 2 nitrogen and oxygen atoms in total. The minimum Gasteiger partial charge on any atom is -0.270 e. The molecule has 0 heterocycles. The molecule has 34 valence electrons. The standard InChI is InChI=1S/C4H8N2/c1-3-4(2)6-5/h1,4,6H,5H2,2H3. The lowest BCUT2D eigenvalue weighted by Gasteiger charge is -1.95. The second kappa shape index (κ2) is 2.70. The minimum absolute atomic E-state index is 0.00926. The van der Waals surface area contributed by atoms with Crippen molar-refractivity contribution >= 4 is 0 Å². The molecule has 0 saturated heterocycles. The first-order valence-electron chi connectivity index (χ1n) is 1.73. The Balaban J connectivity index is 3.04. The highest BCUT2D eigenvalue weighted by Crippen LogP contribution is 1.65. The summed E-state index contributed by atoms with van der Waals surface area (Å²) in [5.41, 5.74) is 2.38. The Kier molecular flexibility index (Phi) is 2.47. The van der Waals surface area contributed by atoms with Crippen molar-refractivity contribution in [2.24, 2.45) is 5.84 Å². The van der Waals surface area contributed by atoms with Crippen molar-refractivity contribution in [2.75, 3.05) is 0 Å². The second-order valence-electron chi connectivity index (χ2n) is 1.06. The summed E-state index contributed by atoms with van der Waals surface area (Å²) in [5, 5.41) is 0. The molecule has 0 rings (SSSR count). The fraction of sp³-hybridized carbons (Fsp3) is 0.500. The van der Waals surface area contributed by atoms with E-state index in [-0.39, 0.29) is 6.04 Å². The van der Waals surface area contributed by atoms with E-state index < -0.39 is 0 Å². The van der Waals surface area contributed by atoms with Gasteiger partial charge < -0.3 is 0 Å². The summed E-state index contributed by atoms with van der Waals surface area (Å²) >= 11 is 0. The average molecular weight is 84.1 g/mol. The molecule has 0 amide bonds. The van der Waals surface area contributed by atoms with E-state index in [1.807, 2.05) is 0 Å². The van der Waals surface area contributed by atoms with Crippen LogP contribution in [0.2, 0.25) is 0 Å². The highest BCUT2D eigenvalue weighted by Gasteiger charge is 1.82. The van der Waals surface area contributed by atoms with Crippen LogP contribution in [-0.4, -0.2) is 6.04 Å². The predicted molar refractivity (Wildman–Crippen MR) is 25.6 cm³/mol. The topological polar surface area (TPSA) is 38.0 Å². The number of terminal acetylenes is 1. The van der Waals surface area contributed by atoms with Gasteiger partial charge in [0.05, 0.1) is 6.04 Å². The number of hydrogen-bond donors (Lipinski definition) is 2. The van der Waals surface area contributed by atoms with Gasteiger partial charge in [0.15, 0.2) is 0 Å². The monoisotopic (exact) mass is 84.1 g/mol. The zero-order valence-corrected chi connectivity index (χ0v) is 3.73. The Bertz CT molecular complexity index is 62.4. The van der Waals surface area contributed by atoms with Crippen LogP contribution in [0.5, 0.6) is 0 Å². The third-order valence-electron chi connectivity index (χ3n) is 0.500. The van der Waals surface area contributed by atoms with E-state index in [1.165, 1.54) is 0 Å². The van der Waals surface area contributed by atoms with Crippen LogP contribution in [0.3, 0.4) is 0 Å². The number of nitrogens with two attached hydrogens (primary N) is 1. The average Bonchev–Trinajstić information content (AvgIpc) is 1.65. The van der Waals surface area contributed by atoms with Gasteiger partial charge in [-0.15, -0.1) is 6.42 Å². The molecular weight excluding hydrogens is 76.1 g/mol. The molecule has 0 aliphatic heterocycles. The van der Waals surface area contributed by atoms with E-state index in [1.54, 1.807) is 6.92 Å². The maximum absolute atomic E-state index is 4.89. The summed E-state index contributed by atoms with van der Waals surface area (Å²) in [7, 11) is 0. The van der Waals surface area contributed by atoms with Gasteiger partial charge in [0.2, 0.25) is 0 Å². The van der Waals surface area contributed by atoms with Crippen molar-refractivity contribution in [2.45, 2.75) is 13.0 Å². The summed E-state index contributed by atoms with van der Waals surface area (Å²) in [4.78, 5) is 0. The van der Waals surface area contributed by atoms with E-state index in [0.29, 0.717) is 0 Å². The number of rotatable bonds is 1. The van der Waals surface area contributed by atoms with Crippen LogP contribution in [0.4, 0.5) is 0 Å². The Morgan fingerprint density at radius 3 is 2.50 bits per heavy atom. The Morgan fingerprint density at radius 2 is 2.50 bits per heavy atom. The molecule has 0 aromatic rings. The van der Waals surface area contributed by atoms with Crippen molar-refractivity contribution in [3.63, 3.8) is 0 Å². The fourth-order valence-electron chi connectivity index (χ4n) is 0.0481. The van der Waals surface area contributed by atoms with Gasteiger partial charge in [0, 0.05) is 0 Å². The van der Waals surface area contributed by atoms with E-state index in [9.17, 15) is 0 Å². The molecular formula is C4H8N2. The molecule has 0 aliphatic carbocycles. The van der Waals surface area contributed by atoms with Crippen LogP contribution in [0.1, 0.15) is 6.92 Å². The summed E-state index contributed by atoms with van der Waals surface area (Å²) in [5.74, 6) is 7.27. The van der Waals surface area contributed by atoms with Crippen LogP contribution in [-0.2, 0) is 0 Å². The van der Waals surface area contributed by atoms with E-state index in [2.05, 4.69) is 11.3 Å². The second-order valence-corrected chi connectivity index (χ2v) is 1.06. The van der Waals surface area contributed by atoms with Crippen molar-refractivity contribution in [3.05, 3.63) is 0 Å². The van der Waals surface area contributed by atoms with Gasteiger partial charge in [-0.1, -0.05) is 5.92 Å². The lowest BCUT2D eigenvalue weighted by Crippen LogP contribution is -2.30. The highest BCUT2D eigenvalue weighted by atomic mass is 15.2. The molecule has 0 aromatic heterocycles. The Hall–Kier alpha value is -0.520. The molecule has 2 heteroatoms. The molecule has 0 radical (unpaired) electrons. The van der Waals surface area contributed by atoms with Gasteiger partial charge in [-0.05, 0) is 6.92 Å². The maximum Gasteiger partial charge on any atom is 0.0786 e. The number of hydrogen-bond acceptors (Lipinski definition) is 2. The van der Waals surface area contributed by atoms with E-state index in [4.69, 9.17) is 12.3 Å². The minimum atomic E-state index is -0.00926. The lowest BCUT2D eigenvalue weighted by atomic mass is 10.4. The number of hydrazine groups is 1. The zero-order valence-electron chi connectivity index (χ0n) is 3.73. The molecule has 0 aliphatic rings. The molecule has 1 atom stereocenters. The molecule has 0 aromatic carbocycles. The van der Waals surface area contributed by atoms with Crippen LogP contribution < -0.4 is 11.3 Å².